The van der Waals surface area contributed by atoms with Gasteiger partial charge in [-0.05, 0) is 60.4 Å². The highest BCUT2D eigenvalue weighted by atomic mass is 19.1. The van der Waals surface area contributed by atoms with Gasteiger partial charge in [-0.1, -0.05) is 12.1 Å². The van der Waals surface area contributed by atoms with Gasteiger partial charge in [0.15, 0.2) is 0 Å². The molecule has 0 aliphatic carbocycles. The summed E-state index contributed by atoms with van der Waals surface area (Å²) in [5.41, 5.74) is 5.09. The molecule has 28 heavy (non-hydrogen) atoms. The molecule has 0 radical (unpaired) electrons. The van der Waals surface area contributed by atoms with Crippen LogP contribution in [0.5, 0.6) is 0 Å². The maximum absolute atomic E-state index is 14.0. The summed E-state index contributed by atoms with van der Waals surface area (Å²) in [6, 6.07) is 13.0. The summed E-state index contributed by atoms with van der Waals surface area (Å²) in [5.74, 6) is -0.253. The lowest BCUT2D eigenvalue weighted by atomic mass is 9.99. The first-order valence-corrected chi connectivity index (χ1v) is 9.56. The van der Waals surface area contributed by atoms with Crippen LogP contribution in [0.2, 0.25) is 0 Å². The molecule has 4 rings (SSSR count). The number of halogens is 1. The molecule has 2 amide bonds. The molecule has 0 unspecified atom stereocenters. The van der Waals surface area contributed by atoms with E-state index in [0.29, 0.717) is 30.5 Å². The molecule has 2 heterocycles. The van der Waals surface area contributed by atoms with E-state index >= 15 is 0 Å². The first-order valence-electron chi connectivity index (χ1n) is 9.56. The predicted molar refractivity (Wildman–Crippen MR) is 109 cm³/mol. The Morgan fingerprint density at radius 1 is 1.21 bits per heavy atom. The second kappa shape index (κ2) is 7.84. The van der Waals surface area contributed by atoms with Gasteiger partial charge in [0, 0.05) is 43.4 Å². The number of urea groups is 1. The minimum absolute atomic E-state index is 0.00830. The monoisotopic (exact) mass is 378 g/mol. The highest BCUT2D eigenvalue weighted by Crippen LogP contribution is 2.24. The highest BCUT2D eigenvalue weighted by molar-refractivity contribution is 5.82. The number of fused-ring (bicyclic) bond motifs is 2. The minimum atomic E-state index is -0.253. The Morgan fingerprint density at radius 3 is 2.96 bits per heavy atom. The van der Waals surface area contributed by atoms with Crippen LogP contribution in [-0.2, 0) is 19.5 Å². The van der Waals surface area contributed by atoms with E-state index < -0.39 is 0 Å². The summed E-state index contributed by atoms with van der Waals surface area (Å²) in [4.78, 5) is 18.2. The van der Waals surface area contributed by atoms with E-state index in [2.05, 4.69) is 27.8 Å². The fourth-order valence-corrected chi connectivity index (χ4v) is 3.64. The van der Waals surface area contributed by atoms with Crippen molar-refractivity contribution >= 4 is 22.6 Å². The third kappa shape index (κ3) is 3.63. The third-order valence-corrected chi connectivity index (χ3v) is 5.12. The molecule has 0 spiro atoms. The summed E-state index contributed by atoms with van der Waals surface area (Å²) >= 11 is 0. The molecular weight excluding hydrogens is 355 g/mol. The van der Waals surface area contributed by atoms with Crippen LogP contribution in [0.3, 0.4) is 0 Å². The van der Waals surface area contributed by atoms with Crippen molar-refractivity contribution in [1.82, 2.24) is 15.2 Å². The number of anilines is 1. The molecule has 1 aliphatic rings. The number of carbonyl (C=O) groups excluding carboxylic acids is 1. The highest BCUT2D eigenvalue weighted by Gasteiger charge is 2.20. The van der Waals surface area contributed by atoms with Crippen molar-refractivity contribution < 1.29 is 9.18 Å². The summed E-state index contributed by atoms with van der Waals surface area (Å²) < 4.78 is 14.0. The van der Waals surface area contributed by atoms with Crippen LogP contribution in [0, 0.1) is 5.82 Å². The van der Waals surface area contributed by atoms with Crippen LogP contribution in [-0.4, -0.2) is 29.0 Å². The SMILES string of the molecule is CCNC(=O)N1CCc2cc(NCc3ccc(F)c4cccnc34)ccc2C1. The van der Waals surface area contributed by atoms with Gasteiger partial charge in [0.1, 0.15) is 5.82 Å². The molecule has 1 aliphatic heterocycles. The van der Waals surface area contributed by atoms with Crippen LogP contribution in [0.25, 0.3) is 10.9 Å². The summed E-state index contributed by atoms with van der Waals surface area (Å²) in [6.07, 6.45) is 2.52. The van der Waals surface area contributed by atoms with E-state index in [4.69, 9.17) is 0 Å². The molecule has 0 fully saturated rings. The number of amides is 2. The van der Waals surface area contributed by atoms with E-state index in [0.717, 1.165) is 24.2 Å². The van der Waals surface area contributed by atoms with Crippen molar-refractivity contribution in [1.29, 1.82) is 0 Å². The zero-order chi connectivity index (χ0) is 19.5. The second-order valence-electron chi connectivity index (χ2n) is 6.95. The van der Waals surface area contributed by atoms with Gasteiger partial charge in [0.05, 0.1) is 5.52 Å². The van der Waals surface area contributed by atoms with Gasteiger partial charge in [0.2, 0.25) is 0 Å². The number of pyridine rings is 1. The van der Waals surface area contributed by atoms with Gasteiger partial charge in [-0.15, -0.1) is 0 Å². The number of nitrogens with one attached hydrogen (secondary N) is 2. The first-order chi connectivity index (χ1) is 13.7. The second-order valence-corrected chi connectivity index (χ2v) is 6.95. The number of aromatic nitrogens is 1. The van der Waals surface area contributed by atoms with E-state index in [1.54, 1.807) is 24.4 Å². The topological polar surface area (TPSA) is 57.3 Å². The van der Waals surface area contributed by atoms with Gasteiger partial charge < -0.3 is 15.5 Å². The van der Waals surface area contributed by atoms with Crippen molar-refractivity contribution in [2.45, 2.75) is 26.4 Å². The molecular formula is C22H23FN4O. The lowest BCUT2D eigenvalue weighted by Gasteiger charge is -2.29. The summed E-state index contributed by atoms with van der Waals surface area (Å²) in [7, 11) is 0. The number of hydrogen-bond donors (Lipinski definition) is 2. The first kappa shape index (κ1) is 18.2. The Morgan fingerprint density at radius 2 is 2.11 bits per heavy atom. The van der Waals surface area contributed by atoms with Gasteiger partial charge in [-0.3, -0.25) is 4.98 Å². The maximum Gasteiger partial charge on any atom is 0.317 e. The van der Waals surface area contributed by atoms with Gasteiger partial charge in [0.25, 0.3) is 0 Å². The molecule has 2 N–H and O–H groups in total. The Kier molecular flexibility index (Phi) is 5.10. The molecule has 2 aromatic carbocycles. The zero-order valence-electron chi connectivity index (χ0n) is 15.8. The van der Waals surface area contributed by atoms with Crippen LogP contribution < -0.4 is 10.6 Å². The fourth-order valence-electron chi connectivity index (χ4n) is 3.64. The Balaban J connectivity index is 1.48. The molecule has 0 bridgehead atoms. The zero-order valence-corrected chi connectivity index (χ0v) is 15.8. The number of carbonyl (C=O) groups is 1. The molecule has 0 saturated heterocycles. The van der Waals surface area contributed by atoms with Gasteiger partial charge >= 0.3 is 6.03 Å². The predicted octanol–water partition coefficient (Wildman–Crippen LogP) is 4.07. The summed E-state index contributed by atoms with van der Waals surface area (Å²) in [5, 5.41) is 6.82. The molecule has 0 atom stereocenters. The van der Waals surface area contributed by atoms with E-state index in [1.165, 1.54) is 17.2 Å². The molecule has 3 aromatic rings. The largest absolute Gasteiger partial charge is 0.381 e. The number of nitrogens with zero attached hydrogens (tertiary/aromatic N) is 2. The Labute approximate surface area is 163 Å². The standard InChI is InChI=1S/C22H23FN4O/c1-2-24-22(28)27-11-9-15-12-18(7-5-17(15)14-27)26-13-16-6-8-20(23)19-4-3-10-25-21(16)19/h3-8,10,12,26H,2,9,11,13-14H2,1H3,(H,24,28). The van der Waals surface area contributed by atoms with Crippen molar-refractivity contribution in [3.63, 3.8) is 0 Å². The average Bonchev–Trinajstić information content (AvgIpc) is 2.73. The number of hydrogen-bond acceptors (Lipinski definition) is 3. The number of benzene rings is 2. The van der Waals surface area contributed by atoms with Crippen molar-refractivity contribution in [3.05, 3.63) is 71.2 Å². The normalized spacial score (nSPS) is 13.3. The van der Waals surface area contributed by atoms with Crippen LogP contribution in [0.15, 0.2) is 48.7 Å². The quantitative estimate of drug-likeness (QED) is 0.719. The van der Waals surface area contributed by atoms with E-state index in [9.17, 15) is 9.18 Å². The lowest BCUT2D eigenvalue weighted by molar-refractivity contribution is 0.193. The van der Waals surface area contributed by atoms with Crippen molar-refractivity contribution in [2.75, 3.05) is 18.4 Å². The third-order valence-electron chi connectivity index (χ3n) is 5.12. The van der Waals surface area contributed by atoms with Crippen LogP contribution in [0.1, 0.15) is 23.6 Å². The van der Waals surface area contributed by atoms with Crippen molar-refractivity contribution in [2.24, 2.45) is 0 Å². The molecule has 5 nitrogen and oxygen atoms in total. The van der Waals surface area contributed by atoms with Gasteiger partial charge in [-0.25, -0.2) is 9.18 Å². The molecule has 1 aromatic heterocycles. The van der Waals surface area contributed by atoms with Crippen molar-refractivity contribution in [3.8, 4) is 0 Å². The maximum atomic E-state index is 14.0. The average molecular weight is 378 g/mol. The smallest absolute Gasteiger partial charge is 0.317 e. The Hall–Kier alpha value is -3.15. The van der Waals surface area contributed by atoms with Crippen LogP contribution >= 0.6 is 0 Å². The van der Waals surface area contributed by atoms with Gasteiger partial charge in [-0.2, -0.15) is 0 Å². The minimum Gasteiger partial charge on any atom is -0.381 e. The summed E-state index contributed by atoms with van der Waals surface area (Å²) in [6.45, 7) is 4.48. The van der Waals surface area contributed by atoms with E-state index in [1.807, 2.05) is 17.9 Å². The lowest BCUT2D eigenvalue weighted by Crippen LogP contribution is -2.42. The number of rotatable bonds is 4. The molecule has 144 valence electrons. The fraction of sp³-hybridized carbons (Fsp3) is 0.273. The molecule has 0 saturated carbocycles. The van der Waals surface area contributed by atoms with E-state index in [-0.39, 0.29) is 11.8 Å². The molecule has 6 heteroatoms. The van der Waals surface area contributed by atoms with Crippen LogP contribution in [0.4, 0.5) is 14.9 Å². The Bertz CT molecular complexity index is 1020.